The van der Waals surface area contributed by atoms with E-state index in [1.165, 1.54) is 41.7 Å². The molecule has 4 N–H and O–H groups in total. The maximum Gasteiger partial charge on any atom is 0.224 e. The summed E-state index contributed by atoms with van der Waals surface area (Å²) in [6, 6.07) is 16.4. The Kier molecular flexibility index (Phi) is 17.8. The van der Waals surface area contributed by atoms with E-state index in [9.17, 15) is 19.8 Å². The van der Waals surface area contributed by atoms with Crippen LogP contribution in [-0.4, -0.2) is 110 Å². The summed E-state index contributed by atoms with van der Waals surface area (Å²) in [6.45, 7) is 16.5. The van der Waals surface area contributed by atoms with Crippen LogP contribution in [0.2, 0.25) is 0 Å². The first kappa shape index (κ1) is 44.4. The van der Waals surface area contributed by atoms with Crippen LogP contribution in [0.4, 0.5) is 11.5 Å². The Bertz CT molecular complexity index is 1710. The Morgan fingerprint density at radius 1 is 1.09 bits per heavy atom. The van der Waals surface area contributed by atoms with Crippen LogP contribution in [0.5, 0.6) is 5.75 Å². The van der Waals surface area contributed by atoms with Crippen LogP contribution in [-0.2, 0) is 27.3 Å². The van der Waals surface area contributed by atoms with Crippen LogP contribution in [0.15, 0.2) is 60.8 Å². The first-order valence-corrected chi connectivity index (χ1v) is 20.3. The smallest absolute Gasteiger partial charge is 0.224 e. The quantitative estimate of drug-likeness (QED) is 0.0372. The summed E-state index contributed by atoms with van der Waals surface area (Å²) in [6.07, 6.45) is 9.15. The third-order valence-electron chi connectivity index (χ3n) is 10.9. The van der Waals surface area contributed by atoms with E-state index in [0.717, 1.165) is 51.4 Å². The molecular formula is C45H66N6O5. The Hall–Kier alpha value is -4.29. The summed E-state index contributed by atoms with van der Waals surface area (Å²) in [5.41, 5.74) is 5.72. The van der Waals surface area contributed by atoms with E-state index < -0.39 is 6.10 Å². The van der Waals surface area contributed by atoms with Crippen LogP contribution in [0.3, 0.4) is 0 Å². The number of carbonyl (C=O) groups is 2. The highest BCUT2D eigenvalue weighted by Gasteiger charge is 2.32. The lowest BCUT2D eigenvalue weighted by Crippen LogP contribution is -2.45. The van der Waals surface area contributed by atoms with Crippen molar-refractivity contribution in [2.45, 2.75) is 78.4 Å². The van der Waals surface area contributed by atoms with Gasteiger partial charge in [0, 0.05) is 65.1 Å². The molecule has 0 bridgehead atoms. The molecule has 306 valence electrons. The molecule has 1 aliphatic rings. The fraction of sp³-hybridized carbons (Fsp3) is 0.533. The van der Waals surface area contributed by atoms with Crippen molar-refractivity contribution in [3.8, 4) is 5.75 Å². The van der Waals surface area contributed by atoms with E-state index >= 15 is 0 Å². The third-order valence-corrected chi connectivity index (χ3v) is 10.9. The number of amides is 1. The number of benzene rings is 2. The normalized spacial score (nSPS) is 14.9. The SMILES string of the molecule is CCCN(CC1(C)CCN(Cc2cccc(CCOCCC(=O)N(C)CCNCC(O)c3ccc(O)c(NC)c3/C=C\C=O)c2)CC1)c1cc(C(C)C)ccn1. The van der Waals surface area contributed by atoms with Crippen molar-refractivity contribution in [1.29, 1.82) is 0 Å². The number of phenolic OH excluding ortho intramolecular Hbond substituents is 1. The summed E-state index contributed by atoms with van der Waals surface area (Å²) in [4.78, 5) is 35.1. The Labute approximate surface area is 335 Å². The average Bonchev–Trinajstić information content (AvgIpc) is 3.19. The fourth-order valence-corrected chi connectivity index (χ4v) is 7.38. The van der Waals surface area contributed by atoms with E-state index in [1.54, 1.807) is 31.1 Å². The lowest BCUT2D eigenvalue weighted by atomic mass is 9.79. The molecule has 56 heavy (non-hydrogen) atoms. The maximum absolute atomic E-state index is 12.7. The first-order valence-electron chi connectivity index (χ1n) is 20.3. The molecule has 11 heteroatoms. The Morgan fingerprint density at radius 3 is 2.57 bits per heavy atom. The Balaban J connectivity index is 1.13. The van der Waals surface area contributed by atoms with Crippen LogP contribution in [0, 0.1) is 5.41 Å². The number of anilines is 2. The van der Waals surface area contributed by atoms with Crippen molar-refractivity contribution >= 4 is 29.8 Å². The number of aliphatic hydroxyl groups is 1. The number of hydrogen-bond donors (Lipinski definition) is 4. The number of nitrogens with one attached hydrogen (secondary N) is 2. The second kappa shape index (κ2) is 22.5. The molecule has 3 aromatic rings. The number of likely N-dealkylation sites (N-methyl/N-ethyl adjacent to an activating group) is 1. The van der Waals surface area contributed by atoms with Crippen molar-refractivity contribution in [3.63, 3.8) is 0 Å². The molecule has 1 fully saturated rings. The monoisotopic (exact) mass is 771 g/mol. The zero-order chi connectivity index (χ0) is 40.5. The van der Waals surface area contributed by atoms with Crippen molar-refractivity contribution in [1.82, 2.24) is 20.1 Å². The van der Waals surface area contributed by atoms with Crippen molar-refractivity contribution < 1.29 is 24.5 Å². The van der Waals surface area contributed by atoms with Gasteiger partial charge in [0.15, 0.2) is 0 Å². The lowest BCUT2D eigenvalue weighted by Gasteiger charge is -2.42. The highest BCUT2D eigenvalue weighted by Crippen LogP contribution is 2.35. The van der Waals surface area contributed by atoms with Crippen LogP contribution < -0.4 is 15.5 Å². The van der Waals surface area contributed by atoms with Crippen LogP contribution in [0.1, 0.15) is 93.2 Å². The van der Waals surface area contributed by atoms with Crippen molar-refractivity contribution in [2.75, 3.05) is 83.3 Å². The van der Waals surface area contributed by atoms with Gasteiger partial charge in [0.05, 0.1) is 31.4 Å². The second-order valence-corrected chi connectivity index (χ2v) is 15.8. The Morgan fingerprint density at radius 2 is 1.86 bits per heavy atom. The zero-order valence-electron chi connectivity index (χ0n) is 34.6. The summed E-state index contributed by atoms with van der Waals surface area (Å²) < 4.78 is 5.88. The molecule has 0 aliphatic carbocycles. The van der Waals surface area contributed by atoms with Crippen LogP contribution >= 0.6 is 0 Å². The molecular weight excluding hydrogens is 705 g/mol. The average molecular weight is 771 g/mol. The van der Waals surface area contributed by atoms with Gasteiger partial charge in [-0.05, 0) is 103 Å². The minimum absolute atomic E-state index is 0.000488. The number of nitrogens with zero attached hydrogens (tertiary/aromatic N) is 4. The number of pyridine rings is 1. The summed E-state index contributed by atoms with van der Waals surface area (Å²) in [5.74, 6) is 1.63. The van der Waals surface area contributed by atoms with Gasteiger partial charge in [-0.25, -0.2) is 4.98 Å². The van der Waals surface area contributed by atoms with Gasteiger partial charge in [-0.3, -0.25) is 14.5 Å². The van der Waals surface area contributed by atoms with Crippen molar-refractivity contribution in [2.24, 2.45) is 5.41 Å². The van der Waals surface area contributed by atoms with Crippen LogP contribution in [0.25, 0.3) is 6.08 Å². The summed E-state index contributed by atoms with van der Waals surface area (Å²) in [7, 11) is 3.43. The number of carbonyl (C=O) groups excluding carboxylic acids is 2. The molecule has 0 spiro atoms. The number of piperidine rings is 1. The molecule has 4 rings (SSSR count). The number of aromatic hydroxyl groups is 1. The molecule has 2 heterocycles. The minimum atomic E-state index is -0.880. The van der Waals surface area contributed by atoms with Gasteiger partial charge in [-0.2, -0.15) is 0 Å². The van der Waals surface area contributed by atoms with E-state index in [1.807, 2.05) is 6.20 Å². The van der Waals surface area contributed by atoms with E-state index in [4.69, 9.17) is 9.72 Å². The van der Waals surface area contributed by atoms with Gasteiger partial charge in [0.25, 0.3) is 0 Å². The van der Waals surface area contributed by atoms with Gasteiger partial charge in [0.2, 0.25) is 5.91 Å². The number of aldehydes is 1. The van der Waals surface area contributed by atoms with E-state index in [0.29, 0.717) is 61.7 Å². The standard InChI is InChI=1S/C45H66N6O5/c1-7-22-51(42-30-37(34(2)3)15-20-48-42)33-45(4)18-23-50(24-19-45)32-36-11-8-10-35(29-36)16-27-56-28-17-43(55)49(6)25-21-47-31-41(54)38-13-14-40(53)44(46-5)39(38)12-9-26-52/h8-15,20,26,29-30,34,41,46-47,53-54H,7,16-19,21-25,27-28,31-33H2,1-6H3/b12-9-. The molecule has 1 aliphatic heterocycles. The fourth-order valence-electron chi connectivity index (χ4n) is 7.38. The molecule has 1 saturated heterocycles. The molecule has 0 radical (unpaired) electrons. The number of phenols is 1. The number of aromatic nitrogens is 1. The molecule has 0 saturated carbocycles. The van der Waals surface area contributed by atoms with Gasteiger partial charge in [-0.1, -0.05) is 58.0 Å². The number of hydrogen-bond acceptors (Lipinski definition) is 10. The molecule has 1 aromatic heterocycles. The predicted molar refractivity (Wildman–Crippen MR) is 227 cm³/mol. The summed E-state index contributed by atoms with van der Waals surface area (Å²) in [5, 5.41) is 27.1. The minimum Gasteiger partial charge on any atom is -0.506 e. The lowest BCUT2D eigenvalue weighted by molar-refractivity contribution is -0.131. The van der Waals surface area contributed by atoms with Gasteiger partial charge in [-0.15, -0.1) is 0 Å². The van der Waals surface area contributed by atoms with Crippen molar-refractivity contribution in [3.05, 3.63) is 88.6 Å². The van der Waals surface area contributed by atoms with E-state index in [-0.39, 0.29) is 23.6 Å². The molecule has 2 aromatic carbocycles. The van der Waals surface area contributed by atoms with Gasteiger partial charge < -0.3 is 35.4 Å². The second-order valence-electron chi connectivity index (χ2n) is 15.8. The van der Waals surface area contributed by atoms with Gasteiger partial charge >= 0.3 is 0 Å². The number of likely N-dealkylation sites (tertiary alicyclic amines) is 1. The topological polar surface area (TPSA) is 130 Å². The largest absolute Gasteiger partial charge is 0.506 e. The first-order chi connectivity index (χ1) is 27.0. The number of ether oxygens (including phenoxy) is 1. The van der Waals surface area contributed by atoms with Gasteiger partial charge in [0.1, 0.15) is 17.9 Å². The maximum atomic E-state index is 12.7. The highest BCUT2D eigenvalue weighted by molar-refractivity contribution is 5.81. The number of aliphatic hydroxyl groups excluding tert-OH is 1. The molecule has 1 amide bonds. The molecule has 11 nitrogen and oxygen atoms in total. The highest BCUT2D eigenvalue weighted by atomic mass is 16.5. The number of rotatable bonds is 23. The third kappa shape index (κ3) is 13.4. The molecule has 1 atom stereocenters. The van der Waals surface area contributed by atoms with E-state index in [2.05, 4.69) is 84.5 Å². The molecule has 1 unspecified atom stereocenters. The predicted octanol–water partition coefficient (Wildman–Crippen LogP) is 6.41. The zero-order valence-corrected chi connectivity index (χ0v) is 34.6. The summed E-state index contributed by atoms with van der Waals surface area (Å²) >= 11 is 0. The number of allylic oxidation sites excluding steroid dienone is 1.